The molecular weight excluding hydrogens is 164 g/mol. The maximum atomic E-state index is 11.2. The van der Waals surface area contributed by atoms with Gasteiger partial charge in [0.05, 0.1) is 12.5 Å². The summed E-state index contributed by atoms with van der Waals surface area (Å²) in [6, 6.07) is 0. The number of rotatable bonds is 4. The van der Waals surface area contributed by atoms with Gasteiger partial charge in [0.1, 0.15) is 5.78 Å². The molecule has 1 saturated heterocycles. The second-order valence-electron chi connectivity index (χ2n) is 3.32. The Bertz CT molecular complexity index is 216. The number of carbonyl (C=O) groups excluding carboxylic acids is 1. The van der Waals surface area contributed by atoms with E-state index in [0.717, 1.165) is 25.9 Å². The molecule has 0 aliphatic carbocycles. The number of hydrogen-bond donors (Lipinski definition) is 0. The van der Waals surface area contributed by atoms with Crippen LogP contribution in [0.15, 0.2) is 0 Å². The standard InChI is InChI=1S/C11H16O2/c1-2-3-5-10(12)7-8-11-6-4-9-13-11/h11H,4-9H2,1H3. The average Bonchev–Trinajstić information content (AvgIpc) is 2.64. The van der Waals surface area contributed by atoms with Crippen LogP contribution in [0.4, 0.5) is 0 Å². The number of Topliss-reactive ketones (excluding diaryl/α,β-unsaturated/α-hetero) is 1. The lowest BCUT2D eigenvalue weighted by Gasteiger charge is -2.06. The molecule has 0 N–H and O–H groups in total. The van der Waals surface area contributed by atoms with Crippen molar-refractivity contribution in [1.82, 2.24) is 0 Å². The zero-order valence-electron chi connectivity index (χ0n) is 8.14. The van der Waals surface area contributed by atoms with Crippen LogP contribution >= 0.6 is 0 Å². The van der Waals surface area contributed by atoms with Crippen LogP contribution in [-0.2, 0) is 9.53 Å². The van der Waals surface area contributed by atoms with Crippen LogP contribution in [0.25, 0.3) is 0 Å². The van der Waals surface area contributed by atoms with Gasteiger partial charge in [-0.1, -0.05) is 5.92 Å². The van der Waals surface area contributed by atoms with Gasteiger partial charge in [-0.3, -0.25) is 4.79 Å². The Morgan fingerprint density at radius 1 is 1.62 bits per heavy atom. The zero-order chi connectivity index (χ0) is 9.52. The first-order chi connectivity index (χ1) is 6.33. The summed E-state index contributed by atoms with van der Waals surface area (Å²) in [7, 11) is 0. The third-order valence-electron chi connectivity index (χ3n) is 2.23. The van der Waals surface area contributed by atoms with E-state index in [2.05, 4.69) is 11.8 Å². The summed E-state index contributed by atoms with van der Waals surface area (Å²) >= 11 is 0. The molecule has 0 bridgehead atoms. The summed E-state index contributed by atoms with van der Waals surface area (Å²) in [6.07, 6.45) is 4.51. The summed E-state index contributed by atoms with van der Waals surface area (Å²) in [5.74, 6) is 5.75. The summed E-state index contributed by atoms with van der Waals surface area (Å²) in [4.78, 5) is 11.2. The molecule has 1 fully saturated rings. The molecule has 0 spiro atoms. The molecule has 72 valence electrons. The molecule has 1 aliphatic heterocycles. The topological polar surface area (TPSA) is 26.3 Å². The minimum atomic E-state index is 0.241. The summed E-state index contributed by atoms with van der Waals surface area (Å²) in [6.45, 7) is 2.63. The monoisotopic (exact) mass is 180 g/mol. The quantitative estimate of drug-likeness (QED) is 0.618. The van der Waals surface area contributed by atoms with Crippen LogP contribution < -0.4 is 0 Å². The first-order valence-electron chi connectivity index (χ1n) is 4.86. The van der Waals surface area contributed by atoms with Crippen LogP contribution in [0.3, 0.4) is 0 Å². The van der Waals surface area contributed by atoms with Gasteiger partial charge in [0.15, 0.2) is 0 Å². The summed E-state index contributed by atoms with van der Waals surface area (Å²) in [5, 5.41) is 0. The van der Waals surface area contributed by atoms with Crippen LogP contribution in [0.2, 0.25) is 0 Å². The highest BCUT2D eigenvalue weighted by atomic mass is 16.5. The minimum Gasteiger partial charge on any atom is -0.378 e. The van der Waals surface area contributed by atoms with E-state index in [1.165, 1.54) is 0 Å². The average molecular weight is 180 g/mol. The van der Waals surface area contributed by atoms with Crippen molar-refractivity contribution < 1.29 is 9.53 Å². The Balaban J connectivity index is 2.09. The zero-order valence-corrected chi connectivity index (χ0v) is 8.14. The molecule has 1 atom stereocenters. The molecule has 1 aliphatic rings. The van der Waals surface area contributed by atoms with E-state index in [-0.39, 0.29) is 5.78 Å². The smallest absolute Gasteiger partial charge is 0.144 e. The molecule has 1 unspecified atom stereocenters. The van der Waals surface area contributed by atoms with Gasteiger partial charge in [-0.05, 0) is 26.2 Å². The van der Waals surface area contributed by atoms with Gasteiger partial charge in [0.2, 0.25) is 0 Å². The number of carbonyl (C=O) groups is 1. The first-order valence-corrected chi connectivity index (χ1v) is 4.86. The Labute approximate surface area is 79.7 Å². The van der Waals surface area contributed by atoms with Crippen molar-refractivity contribution in [2.24, 2.45) is 0 Å². The van der Waals surface area contributed by atoms with Crippen molar-refractivity contribution in [2.75, 3.05) is 6.61 Å². The van der Waals surface area contributed by atoms with Gasteiger partial charge in [-0.15, -0.1) is 5.92 Å². The van der Waals surface area contributed by atoms with Gasteiger partial charge in [-0.2, -0.15) is 0 Å². The molecule has 2 heteroatoms. The highest BCUT2D eigenvalue weighted by Crippen LogP contribution is 2.16. The maximum Gasteiger partial charge on any atom is 0.144 e. The van der Waals surface area contributed by atoms with E-state index in [1.807, 2.05) is 0 Å². The van der Waals surface area contributed by atoms with E-state index in [4.69, 9.17) is 4.74 Å². The largest absolute Gasteiger partial charge is 0.378 e. The third-order valence-corrected chi connectivity index (χ3v) is 2.23. The molecule has 0 amide bonds. The normalized spacial score (nSPS) is 20.8. The predicted octanol–water partition coefficient (Wildman–Crippen LogP) is 1.93. The fraction of sp³-hybridized carbons (Fsp3) is 0.727. The van der Waals surface area contributed by atoms with Gasteiger partial charge in [0, 0.05) is 13.0 Å². The van der Waals surface area contributed by atoms with E-state index in [1.54, 1.807) is 6.92 Å². The molecule has 13 heavy (non-hydrogen) atoms. The van der Waals surface area contributed by atoms with Crippen molar-refractivity contribution in [2.45, 2.75) is 45.1 Å². The van der Waals surface area contributed by atoms with Gasteiger partial charge in [-0.25, -0.2) is 0 Å². The Hall–Kier alpha value is -0.810. The van der Waals surface area contributed by atoms with E-state index in [9.17, 15) is 4.79 Å². The van der Waals surface area contributed by atoms with E-state index >= 15 is 0 Å². The predicted molar refractivity (Wildman–Crippen MR) is 51.3 cm³/mol. The highest BCUT2D eigenvalue weighted by Gasteiger charge is 2.15. The summed E-state index contributed by atoms with van der Waals surface area (Å²) in [5.41, 5.74) is 0. The van der Waals surface area contributed by atoms with Crippen LogP contribution in [0, 0.1) is 11.8 Å². The molecular formula is C11H16O2. The molecule has 0 radical (unpaired) electrons. The van der Waals surface area contributed by atoms with Gasteiger partial charge < -0.3 is 4.74 Å². The lowest BCUT2D eigenvalue weighted by Crippen LogP contribution is -2.08. The van der Waals surface area contributed by atoms with Crippen LogP contribution in [0.5, 0.6) is 0 Å². The Kier molecular flexibility index (Phi) is 4.56. The fourth-order valence-electron chi connectivity index (χ4n) is 1.47. The van der Waals surface area contributed by atoms with Gasteiger partial charge >= 0.3 is 0 Å². The van der Waals surface area contributed by atoms with Crippen LogP contribution in [-0.4, -0.2) is 18.5 Å². The molecule has 0 aromatic rings. The lowest BCUT2D eigenvalue weighted by molar-refractivity contribution is -0.118. The fourth-order valence-corrected chi connectivity index (χ4v) is 1.47. The van der Waals surface area contributed by atoms with Crippen molar-refractivity contribution in [3.63, 3.8) is 0 Å². The van der Waals surface area contributed by atoms with Crippen molar-refractivity contribution >= 4 is 5.78 Å². The SMILES string of the molecule is CC#CCC(=O)CCC1CCCO1. The second kappa shape index (κ2) is 5.77. The molecule has 0 saturated carbocycles. The maximum absolute atomic E-state index is 11.2. The number of ether oxygens (including phenoxy) is 1. The molecule has 1 heterocycles. The first kappa shape index (κ1) is 10.3. The molecule has 0 aromatic heterocycles. The Morgan fingerprint density at radius 2 is 2.46 bits per heavy atom. The highest BCUT2D eigenvalue weighted by molar-refractivity contribution is 5.80. The molecule has 1 rings (SSSR count). The van der Waals surface area contributed by atoms with Crippen LogP contribution in [0.1, 0.15) is 39.0 Å². The molecule has 2 nitrogen and oxygen atoms in total. The minimum absolute atomic E-state index is 0.241. The Morgan fingerprint density at radius 3 is 3.08 bits per heavy atom. The second-order valence-corrected chi connectivity index (χ2v) is 3.32. The lowest BCUT2D eigenvalue weighted by atomic mass is 10.1. The van der Waals surface area contributed by atoms with Crippen molar-refractivity contribution in [3.05, 3.63) is 0 Å². The van der Waals surface area contributed by atoms with E-state index < -0.39 is 0 Å². The summed E-state index contributed by atoms with van der Waals surface area (Å²) < 4.78 is 5.42. The number of hydrogen-bond acceptors (Lipinski definition) is 2. The van der Waals surface area contributed by atoms with Crippen molar-refractivity contribution in [1.29, 1.82) is 0 Å². The van der Waals surface area contributed by atoms with E-state index in [0.29, 0.717) is 18.9 Å². The van der Waals surface area contributed by atoms with Crippen molar-refractivity contribution in [3.8, 4) is 11.8 Å². The number of ketones is 1. The molecule has 0 aromatic carbocycles. The van der Waals surface area contributed by atoms with Gasteiger partial charge in [0.25, 0.3) is 0 Å². The third kappa shape index (κ3) is 4.10.